The number of halogens is 2. The molecule has 0 saturated heterocycles. The van der Waals surface area contributed by atoms with Crippen LogP contribution >= 0.6 is 0 Å². The molecule has 1 N–H and O–H groups in total. The van der Waals surface area contributed by atoms with Crippen molar-refractivity contribution in [2.75, 3.05) is 0 Å². The van der Waals surface area contributed by atoms with E-state index in [4.69, 9.17) is 4.42 Å². The second kappa shape index (κ2) is 3.81. The lowest BCUT2D eigenvalue weighted by Gasteiger charge is -2.23. The number of hydrogen-bond donors (Lipinski definition) is 1. The van der Waals surface area contributed by atoms with Crippen LogP contribution in [0.5, 0.6) is 0 Å². The summed E-state index contributed by atoms with van der Waals surface area (Å²) in [5.41, 5.74) is -0.607. The van der Waals surface area contributed by atoms with Crippen LogP contribution in [0.1, 0.15) is 32.6 Å². The third-order valence-electron chi connectivity index (χ3n) is 2.69. The first kappa shape index (κ1) is 12.0. The molecule has 1 heterocycles. The average molecular weight is 240 g/mol. The van der Waals surface area contributed by atoms with Gasteiger partial charge in [-0.05, 0) is 23.6 Å². The first-order valence-corrected chi connectivity index (χ1v) is 5.36. The van der Waals surface area contributed by atoms with Gasteiger partial charge in [-0.1, -0.05) is 20.8 Å². The molecule has 1 atom stereocenters. The van der Waals surface area contributed by atoms with E-state index in [0.717, 1.165) is 12.1 Å². The van der Waals surface area contributed by atoms with Crippen molar-refractivity contribution in [1.29, 1.82) is 0 Å². The molecule has 1 aromatic heterocycles. The lowest BCUT2D eigenvalue weighted by atomic mass is 9.88. The van der Waals surface area contributed by atoms with E-state index in [2.05, 4.69) is 0 Å². The van der Waals surface area contributed by atoms with Crippen LogP contribution in [0, 0.1) is 17.0 Å². The number of hydrogen-bond acceptors (Lipinski definition) is 2. The summed E-state index contributed by atoms with van der Waals surface area (Å²) in [7, 11) is 0. The molecule has 17 heavy (non-hydrogen) atoms. The molecule has 92 valence electrons. The maximum atomic E-state index is 13.4. The second-order valence-electron chi connectivity index (χ2n) is 5.19. The molecule has 2 nitrogen and oxygen atoms in total. The lowest BCUT2D eigenvalue weighted by Crippen LogP contribution is -2.17. The highest BCUT2D eigenvalue weighted by molar-refractivity contribution is 5.79. The molecule has 4 heteroatoms. The maximum Gasteiger partial charge on any atom is 0.172 e. The van der Waals surface area contributed by atoms with Gasteiger partial charge in [0, 0.05) is 0 Å². The molecule has 1 unspecified atom stereocenters. The Hall–Kier alpha value is -1.42. The van der Waals surface area contributed by atoms with Gasteiger partial charge in [-0.3, -0.25) is 0 Å². The number of benzene rings is 1. The minimum atomic E-state index is -0.909. The fraction of sp³-hybridized carbons (Fsp3) is 0.385. The van der Waals surface area contributed by atoms with E-state index in [9.17, 15) is 13.9 Å². The largest absolute Gasteiger partial charge is 0.455 e. The second-order valence-corrected chi connectivity index (χ2v) is 5.19. The van der Waals surface area contributed by atoms with Crippen molar-refractivity contribution in [2.24, 2.45) is 5.41 Å². The van der Waals surface area contributed by atoms with E-state index >= 15 is 0 Å². The smallest absolute Gasteiger partial charge is 0.172 e. The molecule has 1 aromatic carbocycles. The van der Waals surface area contributed by atoms with Crippen molar-refractivity contribution in [3.63, 3.8) is 0 Å². The first-order valence-electron chi connectivity index (χ1n) is 5.36. The van der Waals surface area contributed by atoms with Crippen LogP contribution in [-0.4, -0.2) is 5.11 Å². The summed E-state index contributed by atoms with van der Waals surface area (Å²) in [6.07, 6.45) is -0.909. The van der Waals surface area contributed by atoms with Crippen molar-refractivity contribution in [2.45, 2.75) is 26.9 Å². The summed E-state index contributed by atoms with van der Waals surface area (Å²) in [5, 5.41) is 10.1. The van der Waals surface area contributed by atoms with Gasteiger partial charge in [0.25, 0.3) is 0 Å². The summed E-state index contributed by atoms with van der Waals surface area (Å²) in [6, 6.07) is 3.40. The molecule has 0 spiro atoms. The van der Waals surface area contributed by atoms with Gasteiger partial charge in [0.2, 0.25) is 0 Å². The highest BCUT2D eigenvalue weighted by atomic mass is 19.1. The Morgan fingerprint density at radius 3 is 2.29 bits per heavy atom. The lowest BCUT2D eigenvalue weighted by molar-refractivity contribution is 0.0447. The zero-order valence-electron chi connectivity index (χ0n) is 9.92. The number of aliphatic hydroxyl groups excluding tert-OH is 1. The van der Waals surface area contributed by atoms with E-state index < -0.39 is 23.2 Å². The van der Waals surface area contributed by atoms with Crippen LogP contribution in [0.2, 0.25) is 0 Å². The van der Waals surface area contributed by atoms with Gasteiger partial charge in [-0.2, -0.15) is 0 Å². The fourth-order valence-electron chi connectivity index (χ4n) is 1.64. The van der Waals surface area contributed by atoms with Gasteiger partial charge in [0.15, 0.2) is 11.4 Å². The summed E-state index contributed by atoms with van der Waals surface area (Å²) in [5.74, 6) is -1.01. The monoisotopic (exact) mass is 240 g/mol. The Balaban J connectivity index is 2.59. The summed E-state index contributed by atoms with van der Waals surface area (Å²) in [4.78, 5) is 0. The zero-order valence-corrected chi connectivity index (χ0v) is 9.92. The predicted octanol–water partition coefficient (Wildman–Crippen LogP) is 3.79. The van der Waals surface area contributed by atoms with Crippen molar-refractivity contribution in [3.05, 3.63) is 35.6 Å². The van der Waals surface area contributed by atoms with Gasteiger partial charge < -0.3 is 9.52 Å². The van der Waals surface area contributed by atoms with Crippen molar-refractivity contribution >= 4 is 11.0 Å². The van der Waals surface area contributed by atoms with Crippen LogP contribution < -0.4 is 0 Å². The third-order valence-corrected chi connectivity index (χ3v) is 2.69. The van der Waals surface area contributed by atoms with Crippen LogP contribution in [-0.2, 0) is 0 Å². The standard InChI is InChI=1S/C13H14F2O2/c1-13(2,3)12(16)10-6-7-8(14)4-5-9(15)11(7)17-10/h4-6,12,16H,1-3H3. The summed E-state index contributed by atoms with van der Waals surface area (Å²) in [6.45, 7) is 5.45. The molecule has 0 aliphatic carbocycles. The van der Waals surface area contributed by atoms with Gasteiger partial charge >= 0.3 is 0 Å². The van der Waals surface area contributed by atoms with E-state index in [1.165, 1.54) is 6.07 Å². The number of fused-ring (bicyclic) bond motifs is 1. The van der Waals surface area contributed by atoms with Gasteiger partial charge in [0.05, 0.1) is 5.39 Å². The summed E-state index contributed by atoms with van der Waals surface area (Å²) >= 11 is 0. The molecular weight excluding hydrogens is 226 g/mol. The Morgan fingerprint density at radius 2 is 1.76 bits per heavy atom. The minimum absolute atomic E-state index is 0.0586. The highest BCUT2D eigenvalue weighted by Crippen LogP contribution is 2.36. The van der Waals surface area contributed by atoms with Gasteiger partial charge in [-0.15, -0.1) is 0 Å². The molecule has 0 saturated carbocycles. The molecule has 0 aliphatic heterocycles. The normalized spacial score (nSPS) is 14.2. The minimum Gasteiger partial charge on any atom is -0.455 e. The quantitative estimate of drug-likeness (QED) is 0.822. The van der Waals surface area contributed by atoms with Crippen molar-refractivity contribution < 1.29 is 18.3 Å². The molecule has 0 bridgehead atoms. The van der Waals surface area contributed by atoms with E-state index in [0.29, 0.717) is 0 Å². The van der Waals surface area contributed by atoms with E-state index in [1.54, 1.807) is 0 Å². The zero-order chi connectivity index (χ0) is 12.8. The topological polar surface area (TPSA) is 33.4 Å². The maximum absolute atomic E-state index is 13.4. The molecule has 0 fully saturated rings. The Labute approximate surface area is 97.9 Å². The van der Waals surface area contributed by atoms with Crippen LogP contribution in [0.4, 0.5) is 8.78 Å². The molecule has 2 rings (SSSR count). The molecule has 0 aliphatic rings. The Morgan fingerprint density at radius 1 is 1.18 bits per heavy atom. The van der Waals surface area contributed by atoms with Crippen molar-refractivity contribution in [3.8, 4) is 0 Å². The van der Waals surface area contributed by atoms with Crippen LogP contribution in [0.15, 0.2) is 22.6 Å². The summed E-state index contributed by atoms with van der Waals surface area (Å²) < 4.78 is 32.0. The predicted molar refractivity (Wildman–Crippen MR) is 60.5 cm³/mol. The molecule has 0 radical (unpaired) electrons. The van der Waals surface area contributed by atoms with Crippen molar-refractivity contribution in [1.82, 2.24) is 0 Å². The Bertz CT molecular complexity index is 513. The van der Waals surface area contributed by atoms with Gasteiger partial charge in [0.1, 0.15) is 17.7 Å². The number of aliphatic hydroxyl groups is 1. The number of rotatable bonds is 1. The fourth-order valence-corrected chi connectivity index (χ4v) is 1.64. The third kappa shape index (κ3) is 2.05. The molecule has 0 amide bonds. The SMILES string of the molecule is CC(C)(C)C(O)c1cc2c(F)ccc(F)c2o1. The molecule has 2 aromatic rings. The first-order chi connectivity index (χ1) is 7.80. The van der Waals surface area contributed by atoms with E-state index in [-0.39, 0.29) is 16.7 Å². The van der Waals surface area contributed by atoms with E-state index in [1.807, 2.05) is 20.8 Å². The van der Waals surface area contributed by atoms with Crippen LogP contribution in [0.3, 0.4) is 0 Å². The van der Waals surface area contributed by atoms with Gasteiger partial charge in [-0.25, -0.2) is 8.78 Å². The number of furan rings is 1. The molecular formula is C13H14F2O2. The highest BCUT2D eigenvalue weighted by Gasteiger charge is 2.28. The Kier molecular flexibility index (Phi) is 2.70. The van der Waals surface area contributed by atoms with Crippen LogP contribution in [0.25, 0.3) is 11.0 Å². The average Bonchev–Trinajstić information content (AvgIpc) is 2.67.